The Morgan fingerprint density at radius 1 is 0.958 bits per heavy atom. The molecule has 0 bridgehead atoms. The molecule has 0 aromatic heterocycles. The summed E-state index contributed by atoms with van der Waals surface area (Å²) in [7, 11) is 4.68. The summed E-state index contributed by atoms with van der Waals surface area (Å²) in [4.78, 5) is 12.0. The third kappa shape index (κ3) is 4.52. The van der Waals surface area contributed by atoms with Crippen molar-refractivity contribution in [3.8, 4) is 17.2 Å². The fraction of sp³-hybridized carbons (Fsp3) is 0.211. The lowest BCUT2D eigenvalue weighted by molar-refractivity contribution is -0.116. The highest BCUT2D eigenvalue weighted by Crippen LogP contribution is 2.35. The minimum Gasteiger partial charge on any atom is -0.496 e. The number of benzene rings is 2. The first kappa shape index (κ1) is 17.4. The number of amides is 1. The van der Waals surface area contributed by atoms with Crippen molar-refractivity contribution in [3.05, 3.63) is 59.7 Å². The number of methoxy groups -OCH3 is 3. The Labute approximate surface area is 141 Å². The Bertz CT molecular complexity index is 711. The molecule has 24 heavy (non-hydrogen) atoms. The van der Waals surface area contributed by atoms with Gasteiger partial charge >= 0.3 is 0 Å². The number of hydrogen-bond donors (Lipinski definition) is 1. The monoisotopic (exact) mass is 327 g/mol. The Morgan fingerprint density at radius 3 is 2.21 bits per heavy atom. The second kappa shape index (κ2) is 8.62. The van der Waals surface area contributed by atoms with Gasteiger partial charge in [-0.2, -0.15) is 0 Å². The molecule has 0 aliphatic carbocycles. The van der Waals surface area contributed by atoms with Gasteiger partial charge in [-0.05, 0) is 17.7 Å². The smallest absolute Gasteiger partial charge is 0.244 e. The maximum Gasteiger partial charge on any atom is 0.244 e. The van der Waals surface area contributed by atoms with E-state index in [0.29, 0.717) is 23.8 Å². The predicted molar refractivity (Wildman–Crippen MR) is 93.4 cm³/mol. The van der Waals surface area contributed by atoms with Crippen LogP contribution in [0.2, 0.25) is 0 Å². The summed E-state index contributed by atoms with van der Waals surface area (Å²) in [5.74, 6) is 1.55. The van der Waals surface area contributed by atoms with Gasteiger partial charge in [-0.25, -0.2) is 0 Å². The number of ether oxygens (including phenoxy) is 3. The maximum atomic E-state index is 12.0. The van der Waals surface area contributed by atoms with Gasteiger partial charge in [-0.3, -0.25) is 4.79 Å². The maximum absolute atomic E-state index is 12.0. The highest BCUT2D eigenvalue weighted by atomic mass is 16.5. The largest absolute Gasteiger partial charge is 0.496 e. The minimum absolute atomic E-state index is 0.185. The van der Waals surface area contributed by atoms with E-state index < -0.39 is 0 Å². The van der Waals surface area contributed by atoms with Gasteiger partial charge in [-0.1, -0.05) is 30.3 Å². The van der Waals surface area contributed by atoms with Crippen LogP contribution in [0, 0.1) is 0 Å². The molecule has 0 atom stereocenters. The fourth-order valence-electron chi connectivity index (χ4n) is 2.19. The van der Waals surface area contributed by atoms with Crippen molar-refractivity contribution in [1.29, 1.82) is 0 Å². The molecular weight excluding hydrogens is 306 g/mol. The van der Waals surface area contributed by atoms with Gasteiger partial charge in [0.1, 0.15) is 5.75 Å². The van der Waals surface area contributed by atoms with Crippen LogP contribution < -0.4 is 19.5 Å². The number of hydrogen-bond acceptors (Lipinski definition) is 4. The minimum atomic E-state index is -0.185. The molecule has 0 radical (unpaired) electrons. The Morgan fingerprint density at radius 2 is 1.58 bits per heavy atom. The normalized spacial score (nSPS) is 10.5. The number of nitrogens with one attached hydrogen (secondary N) is 1. The third-order valence-corrected chi connectivity index (χ3v) is 3.46. The van der Waals surface area contributed by atoms with Crippen LogP contribution in [0.5, 0.6) is 17.2 Å². The molecule has 126 valence electrons. The lowest BCUT2D eigenvalue weighted by atomic mass is 10.1. The van der Waals surface area contributed by atoms with E-state index in [9.17, 15) is 4.79 Å². The van der Waals surface area contributed by atoms with Gasteiger partial charge in [0, 0.05) is 24.3 Å². The predicted octanol–water partition coefficient (Wildman–Crippen LogP) is 3.04. The van der Waals surface area contributed by atoms with Crippen LogP contribution in [0.1, 0.15) is 11.1 Å². The molecular formula is C19H21NO4. The van der Waals surface area contributed by atoms with E-state index in [1.165, 1.54) is 6.08 Å². The van der Waals surface area contributed by atoms with Crippen LogP contribution in [-0.2, 0) is 11.3 Å². The number of rotatable bonds is 7. The summed E-state index contributed by atoms with van der Waals surface area (Å²) in [6.07, 6.45) is 3.15. The summed E-state index contributed by atoms with van der Waals surface area (Å²) in [6, 6.07) is 13.2. The fourth-order valence-corrected chi connectivity index (χ4v) is 2.19. The topological polar surface area (TPSA) is 56.8 Å². The zero-order valence-electron chi connectivity index (χ0n) is 14.0. The van der Waals surface area contributed by atoms with Crippen molar-refractivity contribution < 1.29 is 19.0 Å². The first-order valence-electron chi connectivity index (χ1n) is 7.47. The molecule has 5 nitrogen and oxygen atoms in total. The van der Waals surface area contributed by atoms with E-state index in [4.69, 9.17) is 14.2 Å². The van der Waals surface area contributed by atoms with E-state index in [-0.39, 0.29) is 5.91 Å². The van der Waals surface area contributed by atoms with Crippen LogP contribution in [-0.4, -0.2) is 27.2 Å². The van der Waals surface area contributed by atoms with Gasteiger partial charge in [-0.15, -0.1) is 0 Å². The molecule has 2 rings (SSSR count). The Kier molecular flexibility index (Phi) is 6.25. The average Bonchev–Trinajstić information content (AvgIpc) is 2.64. The van der Waals surface area contributed by atoms with Gasteiger partial charge in [0.05, 0.1) is 21.3 Å². The van der Waals surface area contributed by atoms with E-state index in [1.54, 1.807) is 39.5 Å². The lowest BCUT2D eigenvalue weighted by Crippen LogP contribution is -2.20. The molecule has 0 aliphatic rings. The SMILES string of the molecule is COc1cc(OC)c(OC)cc1C=CC(=O)NCc1ccccc1. The second-order valence-corrected chi connectivity index (χ2v) is 4.99. The van der Waals surface area contributed by atoms with E-state index in [2.05, 4.69) is 5.32 Å². The zero-order valence-corrected chi connectivity index (χ0v) is 14.0. The molecule has 2 aromatic rings. The van der Waals surface area contributed by atoms with Crippen LogP contribution in [0.3, 0.4) is 0 Å². The van der Waals surface area contributed by atoms with Crippen LogP contribution in [0.4, 0.5) is 0 Å². The molecule has 0 unspecified atom stereocenters. The molecule has 0 spiro atoms. The molecule has 1 amide bonds. The number of carbonyl (C=O) groups excluding carboxylic acids is 1. The first-order chi connectivity index (χ1) is 11.7. The summed E-state index contributed by atoms with van der Waals surface area (Å²) in [5, 5.41) is 2.84. The van der Waals surface area contributed by atoms with Crippen LogP contribution in [0.15, 0.2) is 48.5 Å². The van der Waals surface area contributed by atoms with Crippen LogP contribution >= 0.6 is 0 Å². The van der Waals surface area contributed by atoms with Crippen LogP contribution in [0.25, 0.3) is 6.08 Å². The zero-order chi connectivity index (χ0) is 17.4. The van der Waals surface area contributed by atoms with Crippen molar-refractivity contribution in [1.82, 2.24) is 5.32 Å². The molecule has 0 aliphatic heterocycles. The first-order valence-corrected chi connectivity index (χ1v) is 7.47. The van der Waals surface area contributed by atoms with Crippen molar-refractivity contribution in [2.75, 3.05) is 21.3 Å². The summed E-state index contributed by atoms with van der Waals surface area (Å²) >= 11 is 0. The summed E-state index contributed by atoms with van der Waals surface area (Å²) < 4.78 is 15.8. The van der Waals surface area contributed by atoms with Gasteiger partial charge in [0.15, 0.2) is 11.5 Å². The summed E-state index contributed by atoms with van der Waals surface area (Å²) in [5.41, 5.74) is 1.77. The average molecular weight is 327 g/mol. The summed E-state index contributed by atoms with van der Waals surface area (Å²) in [6.45, 7) is 0.479. The Hall–Kier alpha value is -2.95. The van der Waals surface area contributed by atoms with Crippen molar-refractivity contribution >= 4 is 12.0 Å². The van der Waals surface area contributed by atoms with Crippen molar-refractivity contribution in [3.63, 3.8) is 0 Å². The standard InChI is InChI=1S/C19H21NO4/c1-22-16-12-18(24-3)17(23-2)11-15(16)9-10-19(21)20-13-14-7-5-4-6-8-14/h4-12H,13H2,1-3H3,(H,20,21). The second-order valence-electron chi connectivity index (χ2n) is 4.99. The number of carbonyl (C=O) groups is 1. The van der Waals surface area contributed by atoms with E-state index in [0.717, 1.165) is 11.1 Å². The lowest BCUT2D eigenvalue weighted by Gasteiger charge is -2.12. The molecule has 5 heteroatoms. The van der Waals surface area contributed by atoms with Crippen molar-refractivity contribution in [2.24, 2.45) is 0 Å². The highest BCUT2D eigenvalue weighted by molar-refractivity contribution is 5.92. The van der Waals surface area contributed by atoms with E-state index in [1.807, 2.05) is 30.3 Å². The molecule has 0 saturated carbocycles. The molecule has 0 saturated heterocycles. The van der Waals surface area contributed by atoms with Crippen molar-refractivity contribution in [2.45, 2.75) is 6.54 Å². The quantitative estimate of drug-likeness (QED) is 0.794. The third-order valence-electron chi connectivity index (χ3n) is 3.46. The highest BCUT2D eigenvalue weighted by Gasteiger charge is 2.10. The van der Waals surface area contributed by atoms with E-state index >= 15 is 0 Å². The Balaban J connectivity index is 2.08. The molecule has 0 fully saturated rings. The molecule has 2 aromatic carbocycles. The molecule has 0 heterocycles. The van der Waals surface area contributed by atoms with Gasteiger partial charge in [0.25, 0.3) is 0 Å². The van der Waals surface area contributed by atoms with Gasteiger partial charge in [0.2, 0.25) is 5.91 Å². The van der Waals surface area contributed by atoms with Gasteiger partial charge < -0.3 is 19.5 Å². The molecule has 1 N–H and O–H groups in total.